The van der Waals surface area contributed by atoms with Crippen molar-refractivity contribution in [1.82, 2.24) is 19.6 Å². The van der Waals surface area contributed by atoms with Crippen LogP contribution >= 0.6 is 0 Å². The molecule has 27 heavy (non-hydrogen) atoms. The number of aromatic nitrogens is 2. The van der Waals surface area contributed by atoms with Gasteiger partial charge in [-0.3, -0.25) is 4.90 Å². The van der Waals surface area contributed by atoms with Crippen LogP contribution in [0.3, 0.4) is 0 Å². The van der Waals surface area contributed by atoms with E-state index in [9.17, 15) is 0 Å². The van der Waals surface area contributed by atoms with Gasteiger partial charge in [0.25, 0.3) is 0 Å². The highest BCUT2D eigenvalue weighted by Gasteiger charge is 2.19. The molecule has 1 aliphatic heterocycles. The van der Waals surface area contributed by atoms with Gasteiger partial charge < -0.3 is 14.5 Å². The Morgan fingerprint density at radius 2 is 2.07 bits per heavy atom. The summed E-state index contributed by atoms with van der Waals surface area (Å²) in [5, 5.41) is 12.5. The molecule has 2 aromatic heterocycles. The topological polar surface area (TPSA) is 65.6 Å². The number of nitriles is 1. The monoisotopic (exact) mass is 361 g/mol. The molecule has 0 atom stereocenters. The molecule has 0 unspecified atom stereocenters. The fraction of sp³-hybridized carbons (Fsp3) is 0.333. The van der Waals surface area contributed by atoms with E-state index in [1.54, 1.807) is 7.11 Å². The smallest absolute Gasteiger partial charge is 0.137 e. The van der Waals surface area contributed by atoms with Gasteiger partial charge in [-0.25, -0.2) is 4.98 Å². The number of ether oxygens (including phenoxy) is 1. The third-order valence-corrected chi connectivity index (χ3v) is 4.99. The normalized spacial score (nSPS) is 15.0. The number of fused-ring (bicyclic) bond motifs is 1. The van der Waals surface area contributed by atoms with E-state index in [1.807, 2.05) is 36.5 Å². The van der Waals surface area contributed by atoms with Crippen LogP contribution in [0.15, 0.2) is 42.6 Å². The molecule has 0 radical (unpaired) electrons. The van der Waals surface area contributed by atoms with Crippen LogP contribution in [0.2, 0.25) is 0 Å². The van der Waals surface area contributed by atoms with Gasteiger partial charge in [-0.1, -0.05) is 18.2 Å². The zero-order valence-electron chi connectivity index (χ0n) is 15.5. The lowest BCUT2D eigenvalue weighted by molar-refractivity contribution is 0.230. The van der Waals surface area contributed by atoms with Gasteiger partial charge in [-0.05, 0) is 23.8 Å². The van der Waals surface area contributed by atoms with Crippen molar-refractivity contribution >= 4 is 5.65 Å². The third kappa shape index (κ3) is 3.65. The van der Waals surface area contributed by atoms with Crippen molar-refractivity contribution in [1.29, 1.82) is 5.26 Å². The standard InChI is InChI=1S/C21H23N5O/c1-27-18-4-2-3-17(13-18)21-19(15-25-11-9-23-10-12-25)26-14-16(7-8-22)5-6-20(26)24-21/h2-6,13-14,23H,7,9-12,15H2,1H3. The number of methoxy groups -OCH3 is 1. The molecule has 3 aromatic rings. The van der Waals surface area contributed by atoms with Crippen LogP contribution in [0.1, 0.15) is 11.3 Å². The van der Waals surface area contributed by atoms with Crippen LogP contribution in [0.5, 0.6) is 5.75 Å². The van der Waals surface area contributed by atoms with E-state index < -0.39 is 0 Å². The van der Waals surface area contributed by atoms with Gasteiger partial charge in [0.05, 0.1) is 31.0 Å². The van der Waals surface area contributed by atoms with Crippen LogP contribution in [0.4, 0.5) is 0 Å². The van der Waals surface area contributed by atoms with Gasteiger partial charge in [-0.2, -0.15) is 5.26 Å². The lowest BCUT2D eigenvalue weighted by Crippen LogP contribution is -2.43. The first-order chi connectivity index (χ1) is 13.3. The molecular weight excluding hydrogens is 338 g/mol. The molecule has 0 amide bonds. The number of nitrogens with one attached hydrogen (secondary N) is 1. The van der Waals surface area contributed by atoms with Crippen molar-refractivity contribution in [3.63, 3.8) is 0 Å². The minimum Gasteiger partial charge on any atom is -0.497 e. The molecule has 1 saturated heterocycles. The number of hydrogen-bond acceptors (Lipinski definition) is 5. The Kier molecular flexibility index (Phi) is 5.05. The molecule has 6 nitrogen and oxygen atoms in total. The Morgan fingerprint density at radius 3 is 2.85 bits per heavy atom. The van der Waals surface area contributed by atoms with Gasteiger partial charge in [-0.15, -0.1) is 0 Å². The van der Waals surface area contributed by atoms with E-state index >= 15 is 0 Å². The molecule has 1 N–H and O–H groups in total. The quantitative estimate of drug-likeness (QED) is 0.756. The fourth-order valence-corrected chi connectivity index (χ4v) is 3.57. The van der Waals surface area contributed by atoms with Gasteiger partial charge >= 0.3 is 0 Å². The molecule has 4 rings (SSSR count). The Labute approximate surface area is 159 Å². The molecule has 138 valence electrons. The summed E-state index contributed by atoms with van der Waals surface area (Å²) in [4.78, 5) is 7.35. The molecule has 1 aliphatic rings. The van der Waals surface area contributed by atoms with Crippen molar-refractivity contribution < 1.29 is 4.74 Å². The molecule has 1 fully saturated rings. The van der Waals surface area contributed by atoms with E-state index in [4.69, 9.17) is 15.0 Å². The van der Waals surface area contributed by atoms with E-state index in [0.717, 1.165) is 66.6 Å². The highest BCUT2D eigenvalue weighted by atomic mass is 16.5. The van der Waals surface area contributed by atoms with Crippen LogP contribution in [0, 0.1) is 11.3 Å². The molecule has 6 heteroatoms. The largest absolute Gasteiger partial charge is 0.497 e. The molecule has 0 aliphatic carbocycles. The van der Waals surface area contributed by atoms with Gasteiger partial charge in [0.15, 0.2) is 0 Å². The summed E-state index contributed by atoms with van der Waals surface area (Å²) >= 11 is 0. The molecule has 3 heterocycles. The molecular formula is C21H23N5O. The summed E-state index contributed by atoms with van der Waals surface area (Å²) in [6.07, 6.45) is 2.45. The number of imidazole rings is 1. The first kappa shape index (κ1) is 17.5. The second-order valence-electron chi connectivity index (χ2n) is 6.77. The second kappa shape index (κ2) is 7.78. The van der Waals surface area contributed by atoms with Gasteiger partial charge in [0, 0.05) is 44.5 Å². The lowest BCUT2D eigenvalue weighted by Gasteiger charge is -2.27. The van der Waals surface area contributed by atoms with Crippen LogP contribution in [-0.4, -0.2) is 47.6 Å². The number of rotatable bonds is 5. The summed E-state index contributed by atoms with van der Waals surface area (Å²) in [5.74, 6) is 0.822. The van der Waals surface area contributed by atoms with Crippen LogP contribution in [0.25, 0.3) is 16.9 Å². The average Bonchev–Trinajstić information content (AvgIpc) is 3.07. The molecule has 0 spiro atoms. The maximum atomic E-state index is 9.06. The maximum absolute atomic E-state index is 9.06. The zero-order valence-corrected chi connectivity index (χ0v) is 15.5. The van der Waals surface area contributed by atoms with Crippen LogP contribution < -0.4 is 10.1 Å². The van der Waals surface area contributed by atoms with E-state index in [-0.39, 0.29) is 0 Å². The first-order valence-electron chi connectivity index (χ1n) is 9.23. The SMILES string of the molecule is COc1cccc(-c2nc3ccc(CC#N)cn3c2CN2CCNCC2)c1. The van der Waals surface area contributed by atoms with Crippen molar-refractivity contribution in [3.05, 3.63) is 53.9 Å². The Bertz CT molecular complexity index is 982. The van der Waals surface area contributed by atoms with Gasteiger partial charge in [0.2, 0.25) is 0 Å². The summed E-state index contributed by atoms with van der Waals surface area (Å²) in [6, 6.07) is 14.3. The van der Waals surface area contributed by atoms with E-state index in [2.05, 4.69) is 26.8 Å². The summed E-state index contributed by atoms with van der Waals surface area (Å²) in [6.45, 7) is 4.87. The predicted octanol–water partition coefficient (Wildman–Crippen LogP) is 2.48. The van der Waals surface area contributed by atoms with Crippen molar-refractivity contribution in [2.75, 3.05) is 33.3 Å². The third-order valence-electron chi connectivity index (χ3n) is 4.99. The highest BCUT2D eigenvalue weighted by molar-refractivity contribution is 5.68. The Morgan fingerprint density at radius 1 is 1.22 bits per heavy atom. The number of piperazine rings is 1. The summed E-state index contributed by atoms with van der Waals surface area (Å²) < 4.78 is 7.54. The highest BCUT2D eigenvalue weighted by Crippen LogP contribution is 2.29. The minimum absolute atomic E-state index is 0.398. The number of pyridine rings is 1. The molecule has 1 aromatic carbocycles. The minimum atomic E-state index is 0.398. The Hall–Kier alpha value is -2.88. The summed E-state index contributed by atoms with van der Waals surface area (Å²) in [5.41, 5.74) is 5.08. The number of benzene rings is 1. The molecule has 0 bridgehead atoms. The lowest BCUT2D eigenvalue weighted by atomic mass is 10.1. The number of nitrogens with zero attached hydrogens (tertiary/aromatic N) is 4. The Balaban J connectivity index is 1.82. The van der Waals surface area contributed by atoms with Crippen molar-refractivity contribution in [3.8, 4) is 23.1 Å². The van der Waals surface area contributed by atoms with E-state index in [0.29, 0.717) is 6.42 Å². The van der Waals surface area contributed by atoms with E-state index in [1.165, 1.54) is 0 Å². The molecule has 0 saturated carbocycles. The number of hydrogen-bond donors (Lipinski definition) is 1. The first-order valence-corrected chi connectivity index (χ1v) is 9.23. The second-order valence-corrected chi connectivity index (χ2v) is 6.77. The zero-order chi connectivity index (χ0) is 18.6. The van der Waals surface area contributed by atoms with Crippen molar-refractivity contribution in [2.24, 2.45) is 0 Å². The predicted molar refractivity (Wildman–Crippen MR) is 105 cm³/mol. The van der Waals surface area contributed by atoms with Crippen molar-refractivity contribution in [2.45, 2.75) is 13.0 Å². The van der Waals surface area contributed by atoms with Crippen LogP contribution in [-0.2, 0) is 13.0 Å². The maximum Gasteiger partial charge on any atom is 0.137 e. The average molecular weight is 361 g/mol. The fourth-order valence-electron chi connectivity index (χ4n) is 3.57. The summed E-state index contributed by atoms with van der Waals surface area (Å²) in [7, 11) is 1.68. The van der Waals surface area contributed by atoms with Gasteiger partial charge in [0.1, 0.15) is 11.4 Å².